The Morgan fingerprint density at radius 2 is 2.20 bits per heavy atom. The maximum absolute atomic E-state index is 12.9. The van der Waals surface area contributed by atoms with Gasteiger partial charge in [0.1, 0.15) is 11.4 Å². The van der Waals surface area contributed by atoms with Crippen molar-refractivity contribution < 1.29 is 14.3 Å². The van der Waals surface area contributed by atoms with E-state index >= 15 is 0 Å². The zero-order valence-electron chi connectivity index (χ0n) is 11.6. The van der Waals surface area contributed by atoms with Gasteiger partial charge in [0.25, 0.3) is 0 Å². The molecule has 2 atom stereocenters. The average molecular weight is 297 g/mol. The van der Waals surface area contributed by atoms with Gasteiger partial charge in [-0.2, -0.15) is 0 Å². The third-order valence-electron chi connectivity index (χ3n) is 3.71. The number of carboxylic acid groups (broad SMARTS) is 1. The van der Waals surface area contributed by atoms with Gasteiger partial charge in [0.05, 0.1) is 0 Å². The first-order valence-corrected chi connectivity index (χ1v) is 7.84. The summed E-state index contributed by atoms with van der Waals surface area (Å²) >= 11 is 1.64. The first kappa shape index (κ1) is 15.3. The number of carboxylic acids is 1. The van der Waals surface area contributed by atoms with Crippen molar-refractivity contribution in [1.29, 1.82) is 0 Å². The third kappa shape index (κ3) is 3.52. The Bertz CT molecular complexity index is 465. The summed E-state index contributed by atoms with van der Waals surface area (Å²) in [6, 6.07) is 6.38. The Balaban J connectivity index is 1.99. The molecule has 110 valence electrons. The van der Waals surface area contributed by atoms with Gasteiger partial charge in [-0.3, -0.25) is 4.79 Å². The minimum absolute atomic E-state index is 0.245. The Morgan fingerprint density at radius 3 is 2.80 bits per heavy atom. The Hall–Kier alpha value is -1.07. The molecule has 0 aromatic heterocycles. The Labute approximate surface area is 123 Å². The molecule has 2 N–H and O–H groups in total. The van der Waals surface area contributed by atoms with E-state index in [1.165, 1.54) is 12.1 Å². The predicted molar refractivity (Wildman–Crippen MR) is 78.6 cm³/mol. The van der Waals surface area contributed by atoms with Crippen molar-refractivity contribution in [3.8, 4) is 0 Å². The van der Waals surface area contributed by atoms with Crippen LogP contribution < -0.4 is 5.32 Å². The van der Waals surface area contributed by atoms with Gasteiger partial charge in [-0.25, -0.2) is 4.39 Å². The SMILES string of the molecule is CCCNC1(C(=O)O)CCC(Sc2ccc(F)cc2)C1. The normalized spacial score (nSPS) is 25.8. The van der Waals surface area contributed by atoms with Crippen molar-refractivity contribution in [3.05, 3.63) is 30.1 Å². The molecule has 1 aliphatic rings. The zero-order valence-corrected chi connectivity index (χ0v) is 12.4. The molecule has 0 amide bonds. The molecule has 5 heteroatoms. The van der Waals surface area contributed by atoms with E-state index in [0.29, 0.717) is 12.8 Å². The van der Waals surface area contributed by atoms with Crippen LogP contribution in [-0.2, 0) is 4.79 Å². The second-order valence-corrected chi connectivity index (χ2v) is 6.62. The van der Waals surface area contributed by atoms with E-state index < -0.39 is 11.5 Å². The van der Waals surface area contributed by atoms with Gasteiger partial charge in [-0.1, -0.05) is 6.92 Å². The molecule has 1 fully saturated rings. The van der Waals surface area contributed by atoms with Gasteiger partial charge >= 0.3 is 5.97 Å². The van der Waals surface area contributed by atoms with E-state index in [9.17, 15) is 14.3 Å². The molecule has 2 unspecified atom stereocenters. The van der Waals surface area contributed by atoms with Crippen molar-refractivity contribution in [2.45, 2.75) is 48.3 Å². The van der Waals surface area contributed by atoms with Gasteiger partial charge in [0.2, 0.25) is 0 Å². The molecular weight excluding hydrogens is 277 g/mol. The van der Waals surface area contributed by atoms with Crippen LogP contribution in [0.25, 0.3) is 0 Å². The quantitative estimate of drug-likeness (QED) is 0.846. The molecule has 0 bridgehead atoms. The smallest absolute Gasteiger partial charge is 0.323 e. The highest BCUT2D eigenvalue weighted by Crippen LogP contribution is 2.40. The maximum Gasteiger partial charge on any atom is 0.323 e. The van der Waals surface area contributed by atoms with Crippen molar-refractivity contribution in [2.24, 2.45) is 0 Å². The number of rotatable bonds is 6. The van der Waals surface area contributed by atoms with Gasteiger partial charge in [-0.05, 0) is 56.5 Å². The fraction of sp³-hybridized carbons (Fsp3) is 0.533. The molecule has 0 spiro atoms. The molecule has 0 radical (unpaired) electrons. The van der Waals surface area contributed by atoms with E-state index in [4.69, 9.17) is 0 Å². The highest BCUT2D eigenvalue weighted by atomic mass is 32.2. The van der Waals surface area contributed by atoms with Crippen LogP contribution in [0.15, 0.2) is 29.2 Å². The number of hydrogen-bond donors (Lipinski definition) is 2. The number of aliphatic carboxylic acids is 1. The number of hydrogen-bond acceptors (Lipinski definition) is 3. The lowest BCUT2D eigenvalue weighted by atomic mass is 9.98. The molecule has 0 saturated heterocycles. The highest BCUT2D eigenvalue weighted by Gasteiger charge is 2.45. The maximum atomic E-state index is 12.9. The number of benzene rings is 1. The van der Waals surface area contributed by atoms with Gasteiger partial charge < -0.3 is 10.4 Å². The summed E-state index contributed by atoms with van der Waals surface area (Å²) < 4.78 is 12.9. The third-order valence-corrected chi connectivity index (χ3v) is 4.99. The summed E-state index contributed by atoms with van der Waals surface area (Å²) in [5.74, 6) is -1.00. The Morgan fingerprint density at radius 1 is 1.50 bits per heavy atom. The van der Waals surface area contributed by atoms with E-state index in [2.05, 4.69) is 5.32 Å². The molecule has 3 nitrogen and oxygen atoms in total. The summed E-state index contributed by atoms with van der Waals surface area (Å²) in [6.45, 7) is 2.75. The molecule has 1 aromatic rings. The fourth-order valence-electron chi connectivity index (χ4n) is 2.60. The van der Waals surface area contributed by atoms with Gasteiger partial charge in [-0.15, -0.1) is 11.8 Å². The van der Waals surface area contributed by atoms with Crippen LogP contribution in [0, 0.1) is 5.82 Å². The molecule has 0 heterocycles. The lowest BCUT2D eigenvalue weighted by molar-refractivity contribution is -0.144. The van der Waals surface area contributed by atoms with Crippen LogP contribution in [-0.4, -0.2) is 28.4 Å². The van der Waals surface area contributed by atoms with Crippen molar-refractivity contribution >= 4 is 17.7 Å². The van der Waals surface area contributed by atoms with E-state index in [1.807, 2.05) is 6.92 Å². The highest BCUT2D eigenvalue weighted by molar-refractivity contribution is 8.00. The number of thioether (sulfide) groups is 1. The average Bonchev–Trinajstić information content (AvgIpc) is 2.84. The zero-order chi connectivity index (χ0) is 14.6. The molecular formula is C15H20FNO2S. The number of carbonyl (C=O) groups is 1. The predicted octanol–water partition coefficient (Wildman–Crippen LogP) is 3.29. The second-order valence-electron chi connectivity index (χ2n) is 5.25. The fourth-order valence-corrected chi connectivity index (χ4v) is 3.88. The lowest BCUT2D eigenvalue weighted by Gasteiger charge is -2.25. The Kier molecular flexibility index (Phi) is 5.05. The summed E-state index contributed by atoms with van der Waals surface area (Å²) in [7, 11) is 0. The molecule has 1 saturated carbocycles. The summed E-state index contributed by atoms with van der Waals surface area (Å²) in [4.78, 5) is 12.5. The van der Waals surface area contributed by atoms with Crippen LogP contribution >= 0.6 is 11.8 Å². The first-order valence-electron chi connectivity index (χ1n) is 6.96. The first-order chi connectivity index (χ1) is 9.55. The standard InChI is InChI=1S/C15H20FNO2S/c1-2-9-17-15(14(18)19)8-7-13(10-15)20-12-5-3-11(16)4-6-12/h3-6,13,17H,2,7-10H2,1H3,(H,18,19). The van der Waals surface area contributed by atoms with Crippen molar-refractivity contribution in [1.82, 2.24) is 5.32 Å². The topological polar surface area (TPSA) is 49.3 Å². The van der Waals surface area contributed by atoms with Crippen molar-refractivity contribution in [2.75, 3.05) is 6.54 Å². The number of halogens is 1. The largest absolute Gasteiger partial charge is 0.480 e. The minimum atomic E-state index is -0.784. The van der Waals surface area contributed by atoms with E-state index in [-0.39, 0.29) is 11.1 Å². The molecule has 20 heavy (non-hydrogen) atoms. The molecule has 1 aliphatic carbocycles. The summed E-state index contributed by atoms with van der Waals surface area (Å²) in [5, 5.41) is 13.0. The lowest BCUT2D eigenvalue weighted by Crippen LogP contribution is -2.50. The second kappa shape index (κ2) is 6.59. The molecule has 2 rings (SSSR count). The summed E-state index contributed by atoms with van der Waals surface area (Å²) in [5.41, 5.74) is -0.784. The van der Waals surface area contributed by atoms with Crippen LogP contribution in [0.1, 0.15) is 32.6 Å². The van der Waals surface area contributed by atoms with Crippen LogP contribution in [0.3, 0.4) is 0 Å². The van der Waals surface area contributed by atoms with Gasteiger partial charge in [0.15, 0.2) is 0 Å². The van der Waals surface area contributed by atoms with E-state index in [1.54, 1.807) is 23.9 Å². The van der Waals surface area contributed by atoms with Crippen LogP contribution in [0.2, 0.25) is 0 Å². The summed E-state index contributed by atoms with van der Waals surface area (Å²) in [6.07, 6.45) is 3.06. The van der Waals surface area contributed by atoms with Gasteiger partial charge in [0, 0.05) is 10.1 Å². The number of nitrogens with one attached hydrogen (secondary N) is 1. The molecule has 1 aromatic carbocycles. The molecule has 0 aliphatic heterocycles. The minimum Gasteiger partial charge on any atom is -0.480 e. The van der Waals surface area contributed by atoms with Crippen molar-refractivity contribution in [3.63, 3.8) is 0 Å². The van der Waals surface area contributed by atoms with E-state index in [0.717, 1.165) is 24.3 Å². The van der Waals surface area contributed by atoms with Crippen LogP contribution in [0.4, 0.5) is 4.39 Å². The monoisotopic (exact) mass is 297 g/mol. The van der Waals surface area contributed by atoms with Crippen LogP contribution in [0.5, 0.6) is 0 Å².